The molecular weight excluding hydrogens is 316 g/mol. The van der Waals surface area contributed by atoms with E-state index in [9.17, 15) is 4.79 Å². The van der Waals surface area contributed by atoms with Crippen molar-refractivity contribution in [1.82, 2.24) is 5.32 Å². The van der Waals surface area contributed by atoms with Crippen molar-refractivity contribution in [3.05, 3.63) is 59.7 Å². The van der Waals surface area contributed by atoms with Crippen LogP contribution in [0.2, 0.25) is 0 Å². The minimum atomic E-state index is -0.519. The molecule has 0 radical (unpaired) electrons. The number of hydrogen-bond acceptors (Lipinski definition) is 4. The standard InChI is InChI=1S/C17H20N2O3.ClH/c1-21-15-9-5-8-14(17(15)22-12-16(18)20)11-19-10-13-6-3-2-4-7-13;/h2-9,19H,10-12H2,1H3,(H2,18,20);1H. The minimum absolute atomic E-state index is 0. The Morgan fingerprint density at radius 2 is 1.83 bits per heavy atom. The molecule has 6 heteroatoms. The van der Waals surface area contributed by atoms with E-state index in [1.54, 1.807) is 13.2 Å². The quantitative estimate of drug-likeness (QED) is 0.775. The van der Waals surface area contributed by atoms with Gasteiger partial charge < -0.3 is 20.5 Å². The van der Waals surface area contributed by atoms with Crippen LogP contribution in [0.4, 0.5) is 0 Å². The number of para-hydroxylation sites is 1. The van der Waals surface area contributed by atoms with Crippen molar-refractivity contribution in [1.29, 1.82) is 0 Å². The van der Waals surface area contributed by atoms with Gasteiger partial charge in [0, 0.05) is 18.7 Å². The fourth-order valence-corrected chi connectivity index (χ4v) is 2.11. The van der Waals surface area contributed by atoms with Crippen molar-refractivity contribution >= 4 is 18.3 Å². The van der Waals surface area contributed by atoms with Crippen LogP contribution in [0.3, 0.4) is 0 Å². The summed E-state index contributed by atoms with van der Waals surface area (Å²) in [4.78, 5) is 10.9. The monoisotopic (exact) mass is 336 g/mol. The van der Waals surface area contributed by atoms with Gasteiger partial charge in [-0.15, -0.1) is 12.4 Å². The van der Waals surface area contributed by atoms with E-state index >= 15 is 0 Å². The number of carbonyl (C=O) groups excluding carboxylic acids is 1. The van der Waals surface area contributed by atoms with Gasteiger partial charge in [0.05, 0.1) is 7.11 Å². The van der Waals surface area contributed by atoms with Crippen LogP contribution in [0.15, 0.2) is 48.5 Å². The van der Waals surface area contributed by atoms with Crippen LogP contribution in [-0.2, 0) is 17.9 Å². The van der Waals surface area contributed by atoms with Crippen molar-refractivity contribution in [2.24, 2.45) is 5.73 Å². The Hall–Kier alpha value is -2.24. The van der Waals surface area contributed by atoms with Gasteiger partial charge in [0.1, 0.15) is 0 Å². The number of benzene rings is 2. The van der Waals surface area contributed by atoms with Gasteiger partial charge in [-0.2, -0.15) is 0 Å². The Morgan fingerprint density at radius 3 is 2.48 bits per heavy atom. The average Bonchev–Trinajstić information content (AvgIpc) is 2.54. The fourth-order valence-electron chi connectivity index (χ4n) is 2.11. The van der Waals surface area contributed by atoms with Crippen molar-refractivity contribution < 1.29 is 14.3 Å². The first-order valence-electron chi connectivity index (χ1n) is 7.02. The lowest BCUT2D eigenvalue weighted by Crippen LogP contribution is -2.21. The molecule has 0 saturated carbocycles. The molecule has 0 heterocycles. The van der Waals surface area contributed by atoms with E-state index in [1.807, 2.05) is 30.3 Å². The highest BCUT2D eigenvalue weighted by atomic mass is 35.5. The second-order valence-electron chi connectivity index (χ2n) is 4.79. The molecule has 2 aromatic rings. The number of nitrogens with one attached hydrogen (secondary N) is 1. The van der Waals surface area contributed by atoms with Gasteiger partial charge in [-0.1, -0.05) is 42.5 Å². The first-order valence-corrected chi connectivity index (χ1v) is 7.02. The number of carbonyl (C=O) groups is 1. The maximum absolute atomic E-state index is 10.9. The number of halogens is 1. The van der Waals surface area contributed by atoms with Crippen LogP contribution in [0.25, 0.3) is 0 Å². The smallest absolute Gasteiger partial charge is 0.255 e. The Labute approximate surface area is 142 Å². The van der Waals surface area contributed by atoms with Gasteiger partial charge in [-0.3, -0.25) is 4.79 Å². The highest BCUT2D eigenvalue weighted by Crippen LogP contribution is 2.31. The molecule has 0 bridgehead atoms. The molecule has 0 spiro atoms. The molecule has 0 saturated heterocycles. The molecule has 23 heavy (non-hydrogen) atoms. The summed E-state index contributed by atoms with van der Waals surface area (Å²) < 4.78 is 10.8. The molecule has 2 rings (SSSR count). The first kappa shape index (κ1) is 18.8. The van der Waals surface area contributed by atoms with Gasteiger partial charge in [0.15, 0.2) is 18.1 Å². The van der Waals surface area contributed by atoms with Crippen molar-refractivity contribution in [3.63, 3.8) is 0 Å². The van der Waals surface area contributed by atoms with E-state index in [4.69, 9.17) is 15.2 Å². The number of amides is 1. The van der Waals surface area contributed by atoms with Crippen LogP contribution in [0.5, 0.6) is 11.5 Å². The number of primary amides is 1. The molecule has 124 valence electrons. The highest BCUT2D eigenvalue weighted by molar-refractivity contribution is 5.85. The molecule has 0 aliphatic heterocycles. The largest absolute Gasteiger partial charge is 0.493 e. The first-order chi connectivity index (χ1) is 10.7. The molecule has 1 amide bonds. The number of methoxy groups -OCH3 is 1. The molecule has 2 aromatic carbocycles. The summed E-state index contributed by atoms with van der Waals surface area (Å²) in [6.07, 6.45) is 0. The van der Waals surface area contributed by atoms with Gasteiger partial charge in [-0.25, -0.2) is 0 Å². The lowest BCUT2D eigenvalue weighted by atomic mass is 10.1. The summed E-state index contributed by atoms with van der Waals surface area (Å²) in [6.45, 7) is 1.17. The van der Waals surface area contributed by atoms with E-state index < -0.39 is 5.91 Å². The van der Waals surface area contributed by atoms with Crippen LogP contribution in [0, 0.1) is 0 Å². The van der Waals surface area contributed by atoms with Crippen LogP contribution in [0.1, 0.15) is 11.1 Å². The third-order valence-corrected chi connectivity index (χ3v) is 3.13. The molecule has 0 fully saturated rings. The Kier molecular flexibility index (Phi) is 7.94. The fraction of sp³-hybridized carbons (Fsp3) is 0.235. The van der Waals surface area contributed by atoms with Crippen molar-refractivity contribution in [3.8, 4) is 11.5 Å². The van der Waals surface area contributed by atoms with E-state index in [0.717, 1.165) is 12.1 Å². The van der Waals surface area contributed by atoms with Crippen LogP contribution >= 0.6 is 12.4 Å². The normalized spacial score (nSPS) is 9.78. The lowest BCUT2D eigenvalue weighted by molar-refractivity contribution is -0.119. The molecule has 3 N–H and O–H groups in total. The summed E-state index contributed by atoms with van der Waals surface area (Å²) in [7, 11) is 1.56. The predicted octanol–water partition coefficient (Wildman–Crippen LogP) is 2.27. The van der Waals surface area contributed by atoms with E-state index in [1.165, 1.54) is 5.56 Å². The summed E-state index contributed by atoms with van der Waals surface area (Å²) in [5.74, 6) is 0.610. The number of ether oxygens (including phenoxy) is 2. The second kappa shape index (κ2) is 9.71. The van der Waals surface area contributed by atoms with Gasteiger partial charge >= 0.3 is 0 Å². The zero-order valence-corrected chi connectivity index (χ0v) is 13.8. The molecule has 0 aliphatic rings. The van der Waals surface area contributed by atoms with E-state index in [0.29, 0.717) is 18.0 Å². The van der Waals surface area contributed by atoms with E-state index in [2.05, 4.69) is 17.4 Å². The van der Waals surface area contributed by atoms with E-state index in [-0.39, 0.29) is 19.0 Å². The zero-order chi connectivity index (χ0) is 15.8. The molecule has 0 aromatic heterocycles. The zero-order valence-electron chi connectivity index (χ0n) is 13.0. The summed E-state index contributed by atoms with van der Waals surface area (Å²) >= 11 is 0. The van der Waals surface area contributed by atoms with Gasteiger partial charge in [-0.05, 0) is 11.6 Å². The predicted molar refractivity (Wildman–Crippen MR) is 91.9 cm³/mol. The van der Waals surface area contributed by atoms with Gasteiger partial charge in [0.2, 0.25) is 0 Å². The number of nitrogens with two attached hydrogens (primary N) is 1. The second-order valence-corrected chi connectivity index (χ2v) is 4.79. The van der Waals surface area contributed by atoms with Gasteiger partial charge in [0.25, 0.3) is 5.91 Å². The third kappa shape index (κ3) is 5.81. The summed E-state index contributed by atoms with van der Waals surface area (Å²) in [6, 6.07) is 15.7. The highest BCUT2D eigenvalue weighted by Gasteiger charge is 2.11. The lowest BCUT2D eigenvalue weighted by Gasteiger charge is -2.14. The maximum Gasteiger partial charge on any atom is 0.255 e. The minimum Gasteiger partial charge on any atom is -0.493 e. The molecule has 5 nitrogen and oxygen atoms in total. The Balaban J connectivity index is 0.00000264. The molecule has 0 aliphatic carbocycles. The van der Waals surface area contributed by atoms with Crippen molar-refractivity contribution in [2.45, 2.75) is 13.1 Å². The summed E-state index contributed by atoms with van der Waals surface area (Å²) in [5.41, 5.74) is 7.25. The Bertz CT molecular complexity index is 620. The number of hydrogen-bond donors (Lipinski definition) is 2. The van der Waals surface area contributed by atoms with Crippen LogP contribution in [-0.4, -0.2) is 19.6 Å². The molecule has 0 unspecified atom stereocenters. The third-order valence-electron chi connectivity index (χ3n) is 3.13. The SMILES string of the molecule is COc1cccc(CNCc2ccccc2)c1OCC(N)=O.Cl. The average molecular weight is 337 g/mol. The topological polar surface area (TPSA) is 73.6 Å². The number of rotatable bonds is 8. The maximum atomic E-state index is 10.9. The van der Waals surface area contributed by atoms with Crippen molar-refractivity contribution in [2.75, 3.05) is 13.7 Å². The molecule has 0 atom stereocenters. The summed E-state index contributed by atoms with van der Waals surface area (Å²) in [5, 5.41) is 3.35. The van der Waals surface area contributed by atoms with Crippen LogP contribution < -0.4 is 20.5 Å². The molecular formula is C17H21ClN2O3. The Morgan fingerprint density at radius 1 is 1.09 bits per heavy atom.